The summed E-state index contributed by atoms with van der Waals surface area (Å²) >= 11 is 0. The van der Waals surface area contributed by atoms with E-state index in [-0.39, 0.29) is 5.92 Å². The van der Waals surface area contributed by atoms with Gasteiger partial charge in [-0.2, -0.15) is 10.2 Å². The Morgan fingerprint density at radius 1 is 1.45 bits per heavy atom. The molecule has 7 nitrogen and oxygen atoms in total. The molecule has 0 saturated carbocycles. The number of pyridine rings is 1. The second kappa shape index (κ2) is 6.02. The van der Waals surface area contributed by atoms with Gasteiger partial charge in [0.2, 0.25) is 5.89 Å². The molecule has 22 heavy (non-hydrogen) atoms. The Morgan fingerprint density at radius 3 is 3.05 bits per heavy atom. The van der Waals surface area contributed by atoms with Gasteiger partial charge in [-0.25, -0.2) is 4.98 Å². The van der Waals surface area contributed by atoms with Crippen LogP contribution in [0, 0.1) is 11.3 Å². The molecule has 0 aliphatic carbocycles. The monoisotopic (exact) mass is 298 g/mol. The lowest BCUT2D eigenvalue weighted by Gasteiger charge is -2.32. The summed E-state index contributed by atoms with van der Waals surface area (Å²) in [5, 5.41) is 13.2. The van der Waals surface area contributed by atoms with Crippen molar-refractivity contribution in [3.63, 3.8) is 0 Å². The third-order valence-corrected chi connectivity index (χ3v) is 3.81. The quantitative estimate of drug-likeness (QED) is 0.854. The average Bonchev–Trinajstić information content (AvgIpc) is 3.05. The van der Waals surface area contributed by atoms with Crippen LogP contribution in [0.15, 0.2) is 22.9 Å². The maximum absolute atomic E-state index is 9.23. The lowest BCUT2D eigenvalue weighted by Crippen LogP contribution is -2.35. The van der Waals surface area contributed by atoms with Gasteiger partial charge in [0.1, 0.15) is 11.9 Å². The Labute approximate surface area is 129 Å². The first-order valence-electron chi connectivity index (χ1n) is 7.30. The molecular weight excluding hydrogens is 280 g/mol. The molecule has 1 fully saturated rings. The number of hydrogen-bond acceptors (Lipinski definition) is 7. The van der Waals surface area contributed by atoms with Gasteiger partial charge in [0.25, 0.3) is 5.95 Å². The minimum Gasteiger partial charge on any atom is -0.355 e. The van der Waals surface area contributed by atoms with Gasteiger partial charge < -0.3 is 14.3 Å². The molecule has 114 valence electrons. The fraction of sp³-hybridized carbons (Fsp3) is 0.467. The van der Waals surface area contributed by atoms with Crippen molar-refractivity contribution in [2.24, 2.45) is 0 Å². The number of nitrogens with zero attached hydrogens (tertiary/aromatic N) is 6. The van der Waals surface area contributed by atoms with E-state index in [9.17, 15) is 5.26 Å². The third kappa shape index (κ3) is 2.72. The van der Waals surface area contributed by atoms with Crippen LogP contribution in [0.3, 0.4) is 0 Å². The maximum Gasteiger partial charge on any atom is 0.265 e. The Morgan fingerprint density at radius 2 is 2.32 bits per heavy atom. The minimum absolute atomic E-state index is 0.170. The van der Waals surface area contributed by atoms with Gasteiger partial charge in [-0.05, 0) is 30.1 Å². The molecule has 1 saturated heterocycles. The van der Waals surface area contributed by atoms with Crippen molar-refractivity contribution in [1.29, 1.82) is 5.26 Å². The van der Waals surface area contributed by atoms with E-state index in [0.717, 1.165) is 31.7 Å². The first-order valence-corrected chi connectivity index (χ1v) is 7.30. The standard InChI is InChI=1S/C15H18N6O/c1-20(2)15-18-14(22-19-15)12-6-4-8-21(10-12)13-11(9-16)5-3-7-17-13/h3,5,7,12H,4,6,8,10H2,1-2H3. The van der Waals surface area contributed by atoms with Crippen molar-refractivity contribution in [1.82, 2.24) is 15.1 Å². The summed E-state index contributed by atoms with van der Waals surface area (Å²) in [5.74, 6) is 2.15. The van der Waals surface area contributed by atoms with Crippen LogP contribution in [0.2, 0.25) is 0 Å². The molecule has 1 atom stereocenters. The average molecular weight is 298 g/mol. The Bertz CT molecular complexity index is 689. The zero-order chi connectivity index (χ0) is 15.5. The van der Waals surface area contributed by atoms with E-state index in [0.29, 0.717) is 17.4 Å². The van der Waals surface area contributed by atoms with Crippen molar-refractivity contribution < 1.29 is 4.52 Å². The summed E-state index contributed by atoms with van der Waals surface area (Å²) in [6.07, 6.45) is 3.72. The zero-order valence-electron chi connectivity index (χ0n) is 12.7. The first kappa shape index (κ1) is 14.3. The highest BCUT2D eigenvalue weighted by atomic mass is 16.5. The second-order valence-corrected chi connectivity index (χ2v) is 5.60. The summed E-state index contributed by atoms with van der Waals surface area (Å²) in [7, 11) is 3.77. The lowest BCUT2D eigenvalue weighted by molar-refractivity contribution is 0.332. The van der Waals surface area contributed by atoms with Gasteiger partial charge >= 0.3 is 0 Å². The molecule has 1 aliphatic heterocycles. The highest BCUT2D eigenvalue weighted by molar-refractivity contribution is 5.53. The minimum atomic E-state index is 0.170. The first-order chi connectivity index (χ1) is 10.7. The molecule has 0 spiro atoms. The lowest BCUT2D eigenvalue weighted by atomic mass is 9.97. The molecule has 3 rings (SSSR count). The van der Waals surface area contributed by atoms with Crippen LogP contribution in [0.5, 0.6) is 0 Å². The van der Waals surface area contributed by atoms with E-state index in [2.05, 4.69) is 26.1 Å². The van der Waals surface area contributed by atoms with E-state index in [4.69, 9.17) is 4.52 Å². The Balaban J connectivity index is 1.80. The van der Waals surface area contributed by atoms with Gasteiger partial charge in [-0.3, -0.25) is 0 Å². The number of nitriles is 1. The fourth-order valence-electron chi connectivity index (χ4n) is 2.68. The van der Waals surface area contributed by atoms with Crippen molar-refractivity contribution in [2.45, 2.75) is 18.8 Å². The van der Waals surface area contributed by atoms with Crippen LogP contribution in [0.25, 0.3) is 0 Å². The third-order valence-electron chi connectivity index (χ3n) is 3.81. The van der Waals surface area contributed by atoms with Crippen molar-refractivity contribution in [3.8, 4) is 6.07 Å². The van der Waals surface area contributed by atoms with Gasteiger partial charge in [-0.1, -0.05) is 0 Å². The molecule has 2 aromatic rings. The van der Waals surface area contributed by atoms with Gasteiger partial charge in [0.05, 0.1) is 11.5 Å². The number of piperidine rings is 1. The van der Waals surface area contributed by atoms with Gasteiger partial charge in [0.15, 0.2) is 0 Å². The van der Waals surface area contributed by atoms with E-state index in [1.807, 2.05) is 19.0 Å². The van der Waals surface area contributed by atoms with Crippen LogP contribution < -0.4 is 9.80 Å². The van der Waals surface area contributed by atoms with Crippen LogP contribution >= 0.6 is 0 Å². The van der Waals surface area contributed by atoms with E-state index >= 15 is 0 Å². The SMILES string of the molecule is CN(C)c1noc(C2CCCN(c3ncccc3C#N)C2)n1. The molecule has 1 aliphatic rings. The molecule has 3 heterocycles. The molecule has 0 bridgehead atoms. The summed E-state index contributed by atoms with van der Waals surface area (Å²) in [5.41, 5.74) is 0.600. The molecule has 0 N–H and O–H groups in total. The molecule has 0 aromatic carbocycles. The summed E-state index contributed by atoms with van der Waals surface area (Å²) in [4.78, 5) is 12.8. The van der Waals surface area contributed by atoms with E-state index in [1.165, 1.54) is 0 Å². The largest absolute Gasteiger partial charge is 0.355 e. The Kier molecular flexibility index (Phi) is 3.92. The molecule has 0 amide bonds. The molecule has 1 unspecified atom stereocenters. The highest BCUT2D eigenvalue weighted by Gasteiger charge is 2.28. The van der Waals surface area contributed by atoms with E-state index < -0.39 is 0 Å². The normalized spacial score (nSPS) is 18.0. The van der Waals surface area contributed by atoms with Crippen molar-refractivity contribution >= 4 is 11.8 Å². The predicted molar refractivity (Wildman–Crippen MR) is 81.8 cm³/mol. The number of rotatable bonds is 3. The second-order valence-electron chi connectivity index (χ2n) is 5.60. The number of anilines is 2. The summed E-state index contributed by atoms with van der Waals surface area (Å²) in [6.45, 7) is 1.62. The smallest absolute Gasteiger partial charge is 0.265 e. The van der Waals surface area contributed by atoms with Crippen molar-refractivity contribution in [2.75, 3.05) is 37.0 Å². The Hall–Kier alpha value is -2.62. The molecular formula is C15H18N6O. The summed E-state index contributed by atoms with van der Waals surface area (Å²) in [6, 6.07) is 5.78. The highest BCUT2D eigenvalue weighted by Crippen LogP contribution is 2.30. The predicted octanol–water partition coefficient (Wildman–Crippen LogP) is 1.79. The van der Waals surface area contributed by atoms with Crippen molar-refractivity contribution in [3.05, 3.63) is 29.8 Å². The topological polar surface area (TPSA) is 82.1 Å². The number of hydrogen-bond donors (Lipinski definition) is 0. The van der Waals surface area contributed by atoms with E-state index in [1.54, 1.807) is 18.3 Å². The van der Waals surface area contributed by atoms with Gasteiger partial charge in [-0.15, -0.1) is 0 Å². The fourth-order valence-corrected chi connectivity index (χ4v) is 2.68. The van der Waals surface area contributed by atoms with Crippen LogP contribution in [0.1, 0.15) is 30.2 Å². The molecule has 0 radical (unpaired) electrons. The van der Waals surface area contributed by atoms with Crippen LogP contribution in [0.4, 0.5) is 11.8 Å². The van der Waals surface area contributed by atoms with Crippen LogP contribution in [-0.2, 0) is 0 Å². The molecule has 7 heteroatoms. The zero-order valence-corrected chi connectivity index (χ0v) is 12.7. The van der Waals surface area contributed by atoms with Crippen LogP contribution in [-0.4, -0.2) is 42.3 Å². The maximum atomic E-state index is 9.23. The molecule has 2 aromatic heterocycles. The summed E-state index contributed by atoms with van der Waals surface area (Å²) < 4.78 is 5.39. The number of aromatic nitrogens is 3. The van der Waals surface area contributed by atoms with Gasteiger partial charge in [0, 0.05) is 33.4 Å².